The summed E-state index contributed by atoms with van der Waals surface area (Å²) in [6.45, 7) is 15.5. The highest BCUT2D eigenvalue weighted by atomic mass is 32.2. The summed E-state index contributed by atoms with van der Waals surface area (Å²) >= 11 is 2.17. The van der Waals surface area contributed by atoms with Crippen molar-refractivity contribution in [3.8, 4) is 5.75 Å². The molecule has 3 aromatic rings. The summed E-state index contributed by atoms with van der Waals surface area (Å²) in [5.74, 6) is -0.260. The lowest BCUT2D eigenvalue weighted by atomic mass is 10.1. The number of hydrogen-bond acceptors (Lipinski definition) is 10. The molecule has 40 heavy (non-hydrogen) atoms. The molecule has 0 saturated heterocycles. The first kappa shape index (κ1) is 30.9. The Morgan fingerprint density at radius 1 is 1.07 bits per heavy atom. The second kappa shape index (κ2) is 14.1. The Labute approximate surface area is 242 Å². The lowest BCUT2D eigenvalue weighted by Crippen LogP contribution is -2.17. The molecule has 2 aromatic heterocycles. The molecule has 2 heterocycles. The molecule has 1 N–H and O–H groups in total. The topological polar surface area (TPSA) is 122 Å². The average molecular weight is 587 g/mol. The van der Waals surface area contributed by atoms with Gasteiger partial charge in [-0.25, -0.2) is 9.59 Å². The molecule has 1 atom stereocenters. The summed E-state index contributed by atoms with van der Waals surface area (Å²) in [5, 5.41) is 12.1. The fourth-order valence-electron chi connectivity index (χ4n) is 4.00. The van der Waals surface area contributed by atoms with Crippen molar-refractivity contribution in [3.63, 3.8) is 0 Å². The van der Waals surface area contributed by atoms with Crippen molar-refractivity contribution in [2.24, 2.45) is 0 Å². The zero-order valence-corrected chi connectivity index (χ0v) is 25.2. The number of amides is 1. The zero-order valence-electron chi connectivity index (χ0n) is 23.5. The van der Waals surface area contributed by atoms with E-state index in [0.717, 1.165) is 28.2 Å². The minimum atomic E-state index is -0.622. The summed E-state index contributed by atoms with van der Waals surface area (Å²) in [5.41, 5.74) is 2.73. The van der Waals surface area contributed by atoms with Gasteiger partial charge in [0.15, 0.2) is 17.1 Å². The van der Waals surface area contributed by atoms with E-state index in [1.54, 1.807) is 26.8 Å². The number of hydrogen-bond donors (Lipinski definition) is 1. The van der Waals surface area contributed by atoms with Crippen molar-refractivity contribution in [1.82, 2.24) is 14.8 Å². The molecule has 0 aliphatic carbocycles. The predicted molar refractivity (Wildman–Crippen MR) is 156 cm³/mol. The molecule has 1 unspecified atom stereocenters. The first-order chi connectivity index (χ1) is 19.1. The molecule has 0 fully saturated rings. The van der Waals surface area contributed by atoms with Crippen LogP contribution in [0, 0.1) is 20.8 Å². The van der Waals surface area contributed by atoms with Crippen molar-refractivity contribution >= 4 is 45.9 Å². The Morgan fingerprint density at radius 3 is 2.35 bits per heavy atom. The normalized spacial score (nSPS) is 11.6. The fraction of sp³-hybridized carbons (Fsp3) is 0.393. The number of aryl methyl sites for hydroxylation is 2. The third kappa shape index (κ3) is 7.51. The number of carbonyl (C=O) groups is 3. The van der Waals surface area contributed by atoms with E-state index >= 15 is 0 Å². The molecular formula is C28H34N4O6S2. The van der Waals surface area contributed by atoms with Crippen LogP contribution in [-0.2, 0) is 20.8 Å². The minimum Gasteiger partial charge on any atom is -0.483 e. The highest BCUT2D eigenvalue weighted by Crippen LogP contribution is 2.35. The number of anilines is 1. The van der Waals surface area contributed by atoms with Gasteiger partial charge in [-0.1, -0.05) is 23.9 Å². The van der Waals surface area contributed by atoms with Gasteiger partial charge in [0.25, 0.3) is 0 Å². The lowest BCUT2D eigenvalue weighted by molar-refractivity contribution is -0.113. The number of allylic oxidation sites excluding steroid dienone is 1. The maximum absolute atomic E-state index is 13.0. The SMILES string of the molecule is C=CCn1c(SCC(=O)Nc2sc(C(=O)OCC)c(C)c2C(=O)OCC)nnc1C(C)Oc1cc(C)cc(C)c1. The molecule has 214 valence electrons. The number of thiophene rings is 1. The highest BCUT2D eigenvalue weighted by molar-refractivity contribution is 7.99. The van der Waals surface area contributed by atoms with Crippen LogP contribution in [0.15, 0.2) is 36.0 Å². The molecule has 12 heteroatoms. The molecule has 0 aliphatic rings. The van der Waals surface area contributed by atoms with E-state index in [0.29, 0.717) is 23.1 Å². The van der Waals surface area contributed by atoms with Crippen LogP contribution in [0.3, 0.4) is 0 Å². The summed E-state index contributed by atoms with van der Waals surface area (Å²) in [6, 6.07) is 5.99. The van der Waals surface area contributed by atoms with Crippen LogP contribution in [0.1, 0.15) is 69.4 Å². The predicted octanol–water partition coefficient (Wildman–Crippen LogP) is 5.68. The van der Waals surface area contributed by atoms with Gasteiger partial charge in [-0.05, 0) is 70.4 Å². The molecule has 0 saturated carbocycles. The van der Waals surface area contributed by atoms with E-state index in [4.69, 9.17) is 14.2 Å². The Morgan fingerprint density at radius 2 is 1.73 bits per heavy atom. The van der Waals surface area contributed by atoms with Gasteiger partial charge in [-0.3, -0.25) is 9.36 Å². The number of ether oxygens (including phenoxy) is 3. The van der Waals surface area contributed by atoms with Crippen LogP contribution in [0.2, 0.25) is 0 Å². The molecule has 0 aliphatic heterocycles. The summed E-state index contributed by atoms with van der Waals surface area (Å²) in [4.78, 5) is 38.2. The summed E-state index contributed by atoms with van der Waals surface area (Å²) in [6.07, 6.45) is 1.32. The fourth-order valence-corrected chi connectivity index (χ4v) is 5.86. The monoisotopic (exact) mass is 586 g/mol. The number of carbonyl (C=O) groups excluding carboxylic acids is 3. The molecule has 0 spiro atoms. The maximum Gasteiger partial charge on any atom is 0.348 e. The van der Waals surface area contributed by atoms with Crippen LogP contribution in [0.5, 0.6) is 5.75 Å². The third-order valence-electron chi connectivity index (χ3n) is 5.60. The number of thioether (sulfide) groups is 1. The van der Waals surface area contributed by atoms with Gasteiger partial charge in [-0.2, -0.15) is 0 Å². The van der Waals surface area contributed by atoms with Crippen molar-refractivity contribution in [3.05, 3.63) is 63.8 Å². The Balaban J connectivity index is 1.76. The molecule has 0 radical (unpaired) electrons. The third-order valence-corrected chi connectivity index (χ3v) is 7.76. The molecule has 0 bridgehead atoms. The maximum atomic E-state index is 13.0. The van der Waals surface area contributed by atoms with Gasteiger partial charge >= 0.3 is 11.9 Å². The van der Waals surface area contributed by atoms with Crippen molar-refractivity contribution < 1.29 is 28.6 Å². The molecule has 1 aromatic carbocycles. The number of nitrogens with one attached hydrogen (secondary N) is 1. The highest BCUT2D eigenvalue weighted by Gasteiger charge is 2.27. The van der Waals surface area contributed by atoms with Gasteiger partial charge in [0, 0.05) is 6.54 Å². The van der Waals surface area contributed by atoms with Crippen molar-refractivity contribution in [2.75, 3.05) is 24.3 Å². The van der Waals surface area contributed by atoms with Crippen molar-refractivity contribution in [2.45, 2.75) is 59.3 Å². The number of rotatable bonds is 13. The van der Waals surface area contributed by atoms with Crippen molar-refractivity contribution in [1.29, 1.82) is 0 Å². The first-order valence-electron chi connectivity index (χ1n) is 12.8. The largest absolute Gasteiger partial charge is 0.483 e. The number of nitrogens with zero attached hydrogens (tertiary/aromatic N) is 3. The quantitative estimate of drug-likeness (QED) is 0.153. The Bertz CT molecular complexity index is 1380. The average Bonchev–Trinajstić information content (AvgIpc) is 3.43. The van der Waals surface area contributed by atoms with Crippen LogP contribution in [-0.4, -0.2) is 51.6 Å². The second-order valence-corrected chi connectivity index (χ2v) is 10.8. The Hall–Kier alpha value is -3.64. The molecular weight excluding hydrogens is 552 g/mol. The van der Waals surface area contributed by atoms with Gasteiger partial charge in [0.2, 0.25) is 5.91 Å². The molecule has 3 rings (SSSR count). The molecule has 1 amide bonds. The van der Waals surface area contributed by atoms with Gasteiger partial charge < -0.3 is 19.5 Å². The summed E-state index contributed by atoms with van der Waals surface area (Å²) in [7, 11) is 0. The Kier molecular flexibility index (Phi) is 10.9. The van der Waals surface area contributed by atoms with E-state index in [1.165, 1.54) is 11.8 Å². The van der Waals surface area contributed by atoms with Crippen LogP contribution >= 0.6 is 23.1 Å². The van der Waals surface area contributed by atoms with Gasteiger partial charge in [-0.15, -0.1) is 28.1 Å². The van der Waals surface area contributed by atoms with Crippen LogP contribution in [0.4, 0.5) is 5.00 Å². The van der Waals surface area contributed by atoms with E-state index < -0.39 is 18.0 Å². The number of benzene rings is 1. The van der Waals surface area contributed by atoms with E-state index in [-0.39, 0.29) is 40.3 Å². The smallest absolute Gasteiger partial charge is 0.348 e. The standard InChI is InChI=1S/C28H34N4O6S2/c1-8-11-32-24(19(7)38-20-13-16(4)12-17(5)14-20)30-31-28(32)39-15-21(33)29-25-22(26(34)36-9-2)18(6)23(40-25)27(35)37-10-3/h8,12-14,19H,1,9-11,15H2,2-7H3,(H,29,33). The van der Waals surface area contributed by atoms with E-state index in [1.807, 2.05) is 37.5 Å². The van der Waals surface area contributed by atoms with E-state index in [2.05, 4.69) is 28.2 Å². The molecule has 10 nitrogen and oxygen atoms in total. The number of aromatic nitrogens is 3. The second-order valence-electron chi connectivity index (χ2n) is 8.86. The van der Waals surface area contributed by atoms with Gasteiger partial charge in [0.05, 0.1) is 24.5 Å². The van der Waals surface area contributed by atoms with Gasteiger partial charge in [0.1, 0.15) is 15.6 Å². The number of esters is 2. The van der Waals surface area contributed by atoms with Crippen LogP contribution in [0.25, 0.3) is 0 Å². The minimum absolute atomic E-state index is 0.0183. The van der Waals surface area contributed by atoms with Crippen LogP contribution < -0.4 is 10.1 Å². The zero-order chi connectivity index (χ0) is 29.4. The first-order valence-corrected chi connectivity index (χ1v) is 14.6. The lowest BCUT2D eigenvalue weighted by Gasteiger charge is -2.16. The summed E-state index contributed by atoms with van der Waals surface area (Å²) < 4.78 is 18.2. The van der Waals surface area contributed by atoms with E-state index in [9.17, 15) is 14.4 Å².